The van der Waals surface area contributed by atoms with Crippen LogP contribution < -0.4 is 34.9 Å². The van der Waals surface area contributed by atoms with Gasteiger partial charge in [0, 0.05) is 6.04 Å². The first kappa shape index (κ1) is 24.1. The second-order valence-electron chi connectivity index (χ2n) is 5.60. The first-order valence-electron chi connectivity index (χ1n) is 8.16. The van der Waals surface area contributed by atoms with Gasteiger partial charge in [0.1, 0.15) is 10.1 Å². The standard InChI is InChI=1S/C15H33NO3S.Na/c1-4-7-9-10-11-13-14(12-8-5-2)16-15(6-3)20(17,18)19;/h14-16H,4-13H2,1-3H3,(H,17,18,19);/q;+1/p-1. The Kier molecular flexibility index (Phi) is 16.6. The number of hydrogen-bond donors (Lipinski definition) is 1. The van der Waals surface area contributed by atoms with E-state index in [0.29, 0.717) is 6.42 Å². The number of unbranched alkanes of at least 4 members (excludes halogenated alkanes) is 5. The third kappa shape index (κ3) is 13.0. The zero-order valence-corrected chi connectivity index (χ0v) is 17.2. The molecule has 0 amide bonds. The maximum atomic E-state index is 11.2. The molecule has 2 atom stereocenters. The van der Waals surface area contributed by atoms with Crippen LogP contribution in [0.15, 0.2) is 0 Å². The van der Waals surface area contributed by atoms with Gasteiger partial charge in [0.15, 0.2) is 0 Å². The van der Waals surface area contributed by atoms with Gasteiger partial charge in [-0.3, -0.25) is 5.32 Å². The second kappa shape index (κ2) is 14.5. The predicted octanol–water partition coefficient (Wildman–Crippen LogP) is 0.781. The molecule has 0 aliphatic heterocycles. The Balaban J connectivity index is 0. The van der Waals surface area contributed by atoms with Crippen molar-refractivity contribution in [3.8, 4) is 0 Å². The van der Waals surface area contributed by atoms with Crippen molar-refractivity contribution in [1.29, 1.82) is 0 Å². The van der Waals surface area contributed by atoms with Gasteiger partial charge in [0.2, 0.25) is 0 Å². The summed E-state index contributed by atoms with van der Waals surface area (Å²) in [5, 5.41) is 2.14. The van der Waals surface area contributed by atoms with Gasteiger partial charge in [-0.25, -0.2) is 8.42 Å². The molecule has 0 aliphatic rings. The maximum Gasteiger partial charge on any atom is 1.00 e. The molecule has 0 fully saturated rings. The quantitative estimate of drug-likeness (QED) is 0.308. The van der Waals surface area contributed by atoms with Crippen molar-refractivity contribution >= 4 is 10.1 Å². The molecule has 4 nitrogen and oxygen atoms in total. The Bertz CT molecular complexity index is 323. The Morgan fingerprint density at radius 2 is 1.43 bits per heavy atom. The fourth-order valence-corrected chi connectivity index (χ4v) is 3.19. The molecule has 0 bridgehead atoms. The van der Waals surface area contributed by atoms with E-state index in [9.17, 15) is 13.0 Å². The molecule has 6 heteroatoms. The minimum atomic E-state index is -4.24. The van der Waals surface area contributed by atoms with Gasteiger partial charge >= 0.3 is 29.6 Å². The second-order valence-corrected chi connectivity index (χ2v) is 7.15. The molecule has 0 aliphatic carbocycles. The molecule has 0 aromatic rings. The van der Waals surface area contributed by atoms with Gasteiger partial charge < -0.3 is 4.55 Å². The molecular weight excluding hydrogens is 297 g/mol. The Morgan fingerprint density at radius 3 is 1.90 bits per heavy atom. The Morgan fingerprint density at radius 1 is 0.905 bits per heavy atom. The van der Waals surface area contributed by atoms with E-state index in [1.165, 1.54) is 25.7 Å². The molecule has 0 rings (SSSR count). The van der Waals surface area contributed by atoms with Crippen LogP contribution in [0.4, 0.5) is 0 Å². The molecule has 21 heavy (non-hydrogen) atoms. The van der Waals surface area contributed by atoms with E-state index in [0.717, 1.165) is 32.1 Å². The summed E-state index contributed by atoms with van der Waals surface area (Å²) in [4.78, 5) is 0. The van der Waals surface area contributed by atoms with Crippen LogP contribution in [0, 0.1) is 0 Å². The van der Waals surface area contributed by atoms with Crippen molar-refractivity contribution < 1.29 is 42.5 Å². The topological polar surface area (TPSA) is 69.2 Å². The third-order valence-corrected chi connectivity index (χ3v) is 4.87. The maximum absolute atomic E-state index is 11.2. The summed E-state index contributed by atoms with van der Waals surface area (Å²) in [6.07, 6.45) is 10.5. The van der Waals surface area contributed by atoms with Gasteiger partial charge in [-0.2, -0.15) is 0 Å². The SMILES string of the molecule is CCCCCCCC(CCCC)NC(CC)S(=O)(=O)[O-].[Na+]. The Labute approximate surface area is 153 Å². The summed E-state index contributed by atoms with van der Waals surface area (Å²) in [5.41, 5.74) is 0. The van der Waals surface area contributed by atoms with Crippen LogP contribution in [0.5, 0.6) is 0 Å². The number of rotatable bonds is 13. The van der Waals surface area contributed by atoms with Crippen molar-refractivity contribution in [1.82, 2.24) is 5.32 Å². The van der Waals surface area contributed by atoms with Crippen LogP contribution in [-0.2, 0) is 10.1 Å². The van der Waals surface area contributed by atoms with Crippen molar-refractivity contribution in [3.05, 3.63) is 0 Å². The molecular formula is C15H32NNaO3S. The summed E-state index contributed by atoms with van der Waals surface area (Å²) in [7, 11) is -4.24. The van der Waals surface area contributed by atoms with Crippen LogP contribution in [-0.4, -0.2) is 24.4 Å². The molecule has 0 aromatic carbocycles. The first-order chi connectivity index (χ1) is 9.45. The van der Waals surface area contributed by atoms with Crippen LogP contribution in [0.25, 0.3) is 0 Å². The van der Waals surface area contributed by atoms with Gasteiger partial charge in [0.25, 0.3) is 0 Å². The average Bonchev–Trinajstić information content (AvgIpc) is 2.39. The minimum Gasteiger partial charge on any atom is -0.747 e. The number of hydrogen-bond acceptors (Lipinski definition) is 4. The molecule has 0 saturated carbocycles. The fraction of sp³-hybridized carbons (Fsp3) is 1.00. The third-order valence-electron chi connectivity index (χ3n) is 3.70. The van der Waals surface area contributed by atoms with E-state index in [1.54, 1.807) is 6.92 Å². The van der Waals surface area contributed by atoms with E-state index >= 15 is 0 Å². The van der Waals surface area contributed by atoms with E-state index in [1.807, 2.05) is 0 Å². The summed E-state index contributed by atoms with van der Waals surface area (Å²) in [6, 6.07) is 0.158. The predicted molar refractivity (Wildman–Crippen MR) is 83.6 cm³/mol. The molecule has 122 valence electrons. The molecule has 0 heterocycles. The Hall–Kier alpha value is 0.870. The van der Waals surface area contributed by atoms with Crippen molar-refractivity contribution in [2.45, 2.75) is 96.4 Å². The molecule has 2 unspecified atom stereocenters. The monoisotopic (exact) mass is 329 g/mol. The van der Waals surface area contributed by atoms with Crippen LogP contribution in [0.3, 0.4) is 0 Å². The smallest absolute Gasteiger partial charge is 0.747 e. The van der Waals surface area contributed by atoms with Crippen molar-refractivity contribution in [3.63, 3.8) is 0 Å². The van der Waals surface area contributed by atoms with Crippen LogP contribution >= 0.6 is 0 Å². The van der Waals surface area contributed by atoms with E-state index in [2.05, 4.69) is 19.2 Å². The van der Waals surface area contributed by atoms with Crippen molar-refractivity contribution in [2.75, 3.05) is 0 Å². The molecule has 0 aromatic heterocycles. The fourth-order valence-electron chi connectivity index (χ4n) is 2.42. The van der Waals surface area contributed by atoms with Gasteiger partial charge in [-0.1, -0.05) is 65.7 Å². The van der Waals surface area contributed by atoms with E-state index in [4.69, 9.17) is 0 Å². The van der Waals surface area contributed by atoms with Crippen LogP contribution in [0.1, 0.15) is 85.0 Å². The first-order valence-corrected chi connectivity index (χ1v) is 9.63. The average molecular weight is 329 g/mol. The summed E-state index contributed by atoms with van der Waals surface area (Å²) < 4.78 is 33.5. The normalized spacial score (nSPS) is 14.5. The van der Waals surface area contributed by atoms with E-state index in [-0.39, 0.29) is 35.6 Å². The summed E-state index contributed by atoms with van der Waals surface area (Å²) >= 11 is 0. The zero-order chi connectivity index (χ0) is 15.4. The van der Waals surface area contributed by atoms with Crippen molar-refractivity contribution in [2.24, 2.45) is 0 Å². The molecule has 0 radical (unpaired) electrons. The van der Waals surface area contributed by atoms with Gasteiger partial charge in [-0.05, 0) is 19.3 Å². The molecule has 1 N–H and O–H groups in total. The zero-order valence-electron chi connectivity index (χ0n) is 14.4. The number of nitrogens with one attached hydrogen (secondary N) is 1. The molecule has 0 spiro atoms. The van der Waals surface area contributed by atoms with Gasteiger partial charge in [-0.15, -0.1) is 0 Å². The largest absolute Gasteiger partial charge is 1.00 e. The van der Waals surface area contributed by atoms with Gasteiger partial charge in [0.05, 0.1) is 5.37 Å². The summed E-state index contributed by atoms with van der Waals surface area (Å²) in [5.74, 6) is 0. The van der Waals surface area contributed by atoms with Crippen LogP contribution in [0.2, 0.25) is 0 Å². The minimum absolute atomic E-state index is 0. The summed E-state index contributed by atoms with van der Waals surface area (Å²) in [6.45, 7) is 6.06. The molecule has 0 saturated heterocycles. The van der Waals surface area contributed by atoms with E-state index < -0.39 is 15.5 Å².